The maximum absolute atomic E-state index is 13.3. The van der Waals surface area contributed by atoms with Crippen LogP contribution in [0.2, 0.25) is 0 Å². The average Bonchev–Trinajstić information content (AvgIpc) is 3.26. The number of aromatic nitrogens is 2. The Hall–Kier alpha value is -1.56. The van der Waals surface area contributed by atoms with Gasteiger partial charge in [0.1, 0.15) is 11.0 Å². The zero-order chi connectivity index (χ0) is 24.0. The first-order valence-corrected chi connectivity index (χ1v) is 13.3. The van der Waals surface area contributed by atoms with Crippen molar-refractivity contribution < 1.29 is 27.1 Å². The zero-order valence-corrected chi connectivity index (χ0v) is 20.5. The number of carbonyl (C=O) groups is 1. The van der Waals surface area contributed by atoms with Crippen molar-refractivity contribution >= 4 is 27.7 Å². The fourth-order valence-electron chi connectivity index (χ4n) is 5.94. The van der Waals surface area contributed by atoms with Gasteiger partial charge in [-0.25, -0.2) is 32.3 Å². The normalized spacial score (nSPS) is 35.8. The molecule has 1 N–H and O–H groups in total. The van der Waals surface area contributed by atoms with Gasteiger partial charge in [-0.2, -0.15) is 0 Å². The molecule has 1 aliphatic heterocycles. The Morgan fingerprint density at radius 3 is 2.64 bits per heavy atom. The molecule has 3 fully saturated rings. The number of ether oxygens (including phenoxy) is 2. The number of amides is 1. The summed E-state index contributed by atoms with van der Waals surface area (Å²) in [6.07, 6.45) is 4.73. The van der Waals surface area contributed by atoms with Gasteiger partial charge in [0.25, 0.3) is 0 Å². The molecule has 1 aromatic heterocycles. The van der Waals surface area contributed by atoms with Crippen molar-refractivity contribution in [2.24, 2.45) is 11.8 Å². The van der Waals surface area contributed by atoms with Crippen LogP contribution in [0, 0.1) is 17.7 Å². The van der Waals surface area contributed by atoms with E-state index in [9.17, 15) is 17.6 Å². The fraction of sp³-hybridized carbons (Fsp3) is 0.762. The second-order valence-corrected chi connectivity index (χ2v) is 11.7. The van der Waals surface area contributed by atoms with Crippen molar-refractivity contribution in [3.63, 3.8) is 0 Å². The number of methoxy groups -OCH3 is 1. The van der Waals surface area contributed by atoms with E-state index in [2.05, 4.69) is 21.6 Å². The van der Waals surface area contributed by atoms with Gasteiger partial charge in [0.2, 0.25) is 10.0 Å². The topological polar surface area (TPSA) is 111 Å². The predicted molar refractivity (Wildman–Crippen MR) is 119 cm³/mol. The number of rotatable bonds is 7. The molecule has 0 spiro atoms. The van der Waals surface area contributed by atoms with Gasteiger partial charge in [0.15, 0.2) is 5.82 Å². The van der Waals surface area contributed by atoms with Crippen molar-refractivity contribution in [3.05, 3.63) is 24.0 Å². The zero-order valence-electron chi connectivity index (χ0n) is 18.9. The fourth-order valence-corrected chi connectivity index (χ4v) is 6.91. The third kappa shape index (κ3) is 4.56. The highest BCUT2D eigenvalue weighted by Gasteiger charge is 2.66. The van der Waals surface area contributed by atoms with Gasteiger partial charge in [0, 0.05) is 17.5 Å². The summed E-state index contributed by atoms with van der Waals surface area (Å²) >= 11 is 5.57. The molecule has 0 bridgehead atoms. The van der Waals surface area contributed by atoms with Gasteiger partial charge in [-0.3, -0.25) is 4.90 Å². The van der Waals surface area contributed by atoms with E-state index in [1.165, 1.54) is 19.5 Å². The Bertz CT molecular complexity index is 983. The molecule has 0 aromatic carbocycles. The van der Waals surface area contributed by atoms with Gasteiger partial charge in [-0.15, -0.1) is 11.6 Å². The van der Waals surface area contributed by atoms with Crippen LogP contribution in [0.15, 0.2) is 12.4 Å². The summed E-state index contributed by atoms with van der Waals surface area (Å²) in [7, 11) is -2.37. The summed E-state index contributed by atoms with van der Waals surface area (Å²) in [4.78, 5) is 22.4. The molecule has 4 rings (SSSR count). The Balaban J connectivity index is 1.42. The Labute approximate surface area is 198 Å². The number of likely N-dealkylation sites (tertiary alicyclic amines) is 1. The van der Waals surface area contributed by atoms with E-state index in [0.29, 0.717) is 24.1 Å². The van der Waals surface area contributed by atoms with Crippen molar-refractivity contribution in [1.82, 2.24) is 19.6 Å². The number of sulfonamides is 1. The lowest BCUT2D eigenvalue weighted by Crippen LogP contribution is -2.50. The molecular weight excluding hydrogens is 475 g/mol. The molecule has 1 aromatic rings. The second kappa shape index (κ2) is 9.24. The summed E-state index contributed by atoms with van der Waals surface area (Å²) < 4.78 is 51.2. The molecule has 9 nitrogen and oxygen atoms in total. The maximum Gasteiger partial charge on any atom is 0.410 e. The number of nitrogens with zero attached hydrogens (tertiary/aromatic N) is 3. The van der Waals surface area contributed by atoms with Gasteiger partial charge in [0.05, 0.1) is 38.3 Å². The quantitative estimate of drug-likeness (QED) is 0.567. The highest BCUT2D eigenvalue weighted by molar-refractivity contribution is 7.90. The summed E-state index contributed by atoms with van der Waals surface area (Å²) in [5.41, 5.74) is -0.133. The predicted octanol–water partition coefficient (Wildman–Crippen LogP) is 2.40. The molecule has 1 amide bonds. The van der Waals surface area contributed by atoms with Crippen LogP contribution in [0.1, 0.15) is 45.4 Å². The molecule has 12 heteroatoms. The molecule has 2 saturated carbocycles. The molecule has 3 aliphatic rings. The average molecular weight is 505 g/mol. The first kappa shape index (κ1) is 24.6. The Morgan fingerprint density at radius 1 is 1.33 bits per heavy atom. The van der Waals surface area contributed by atoms with Crippen molar-refractivity contribution in [2.75, 3.05) is 18.9 Å². The molecule has 2 heterocycles. The van der Waals surface area contributed by atoms with Crippen molar-refractivity contribution in [1.29, 1.82) is 0 Å². The highest BCUT2D eigenvalue weighted by Crippen LogP contribution is 2.66. The number of hydrogen-bond donors (Lipinski definition) is 1. The van der Waals surface area contributed by atoms with Crippen LogP contribution < -0.4 is 4.72 Å². The van der Waals surface area contributed by atoms with Crippen LogP contribution in [-0.4, -0.2) is 72.5 Å². The lowest BCUT2D eigenvalue weighted by atomic mass is 9.85. The lowest BCUT2D eigenvalue weighted by Gasteiger charge is -2.32. The number of carbonyl (C=O) groups excluding carboxylic acids is 1. The first-order valence-electron chi connectivity index (χ1n) is 11.1. The molecule has 0 unspecified atom stereocenters. The standard InChI is InChI=1S/C21H30ClFN4O5S/c1-12-6-17(26-33(29,30)11-22)18(27(12)20(28)31-3)10-32-15-4-5-21(13(2)16(21)7-15)19-24-8-14(23)9-25-19/h8-9,12-13,15-18,26H,4-7,10-11H2,1-3H3/t12-,13+,15+,16-,17+,18+,21-/m1/s1. The third-order valence-corrected chi connectivity index (χ3v) is 9.47. The maximum atomic E-state index is 13.3. The summed E-state index contributed by atoms with van der Waals surface area (Å²) in [5.74, 6) is 0.957. The summed E-state index contributed by atoms with van der Waals surface area (Å²) in [5, 5.41) is -0.556. The SMILES string of the molecule is COC(=O)N1[C@H](C)C[C@H](NS(=O)(=O)CCl)[C@@H]1CO[C@H]1CC[C@]2(c3ncc(F)cn3)[C@H](C1)[C@@H]2C. The van der Waals surface area contributed by atoms with Crippen molar-refractivity contribution in [3.8, 4) is 0 Å². The van der Waals surface area contributed by atoms with E-state index in [1.54, 1.807) is 4.90 Å². The van der Waals surface area contributed by atoms with Gasteiger partial charge < -0.3 is 9.47 Å². The van der Waals surface area contributed by atoms with Gasteiger partial charge in [-0.1, -0.05) is 6.92 Å². The molecule has 184 valence electrons. The Kier molecular flexibility index (Phi) is 6.88. The van der Waals surface area contributed by atoms with Crippen LogP contribution in [0.5, 0.6) is 0 Å². The highest BCUT2D eigenvalue weighted by atomic mass is 35.5. The van der Waals surface area contributed by atoms with Crippen LogP contribution in [0.3, 0.4) is 0 Å². The lowest BCUT2D eigenvalue weighted by molar-refractivity contribution is -0.0103. The smallest absolute Gasteiger partial charge is 0.410 e. The van der Waals surface area contributed by atoms with Crippen LogP contribution in [0.25, 0.3) is 0 Å². The molecule has 33 heavy (non-hydrogen) atoms. The molecular formula is C21H30ClFN4O5S. The minimum Gasteiger partial charge on any atom is -0.453 e. The van der Waals surface area contributed by atoms with Crippen LogP contribution in [0.4, 0.5) is 9.18 Å². The second-order valence-electron chi connectivity index (χ2n) is 9.37. The van der Waals surface area contributed by atoms with Gasteiger partial charge >= 0.3 is 6.09 Å². The molecule has 0 radical (unpaired) electrons. The molecule has 2 aliphatic carbocycles. The van der Waals surface area contributed by atoms with E-state index < -0.39 is 39.2 Å². The number of fused-ring (bicyclic) bond motifs is 1. The van der Waals surface area contributed by atoms with E-state index in [4.69, 9.17) is 21.1 Å². The number of alkyl halides is 1. The van der Waals surface area contributed by atoms with E-state index in [1.807, 2.05) is 6.92 Å². The summed E-state index contributed by atoms with van der Waals surface area (Å²) in [6.45, 7) is 4.19. The third-order valence-electron chi connectivity index (χ3n) is 7.66. The van der Waals surface area contributed by atoms with E-state index >= 15 is 0 Å². The molecule has 1 saturated heterocycles. The first-order chi connectivity index (χ1) is 15.6. The number of halogens is 2. The van der Waals surface area contributed by atoms with E-state index in [0.717, 1.165) is 19.3 Å². The number of nitrogens with one attached hydrogen (secondary N) is 1. The minimum absolute atomic E-state index is 0.0331. The Morgan fingerprint density at radius 2 is 2.03 bits per heavy atom. The van der Waals surface area contributed by atoms with Crippen LogP contribution in [-0.2, 0) is 24.9 Å². The minimum atomic E-state index is -3.67. The number of hydrogen-bond acceptors (Lipinski definition) is 7. The van der Waals surface area contributed by atoms with Crippen molar-refractivity contribution in [2.45, 2.75) is 69.2 Å². The molecule has 7 atom stereocenters. The summed E-state index contributed by atoms with van der Waals surface area (Å²) in [6, 6.07) is -1.24. The largest absolute Gasteiger partial charge is 0.453 e. The van der Waals surface area contributed by atoms with E-state index in [-0.39, 0.29) is 24.2 Å². The van der Waals surface area contributed by atoms with Gasteiger partial charge in [-0.05, 0) is 44.4 Å². The monoisotopic (exact) mass is 504 g/mol. The van der Waals surface area contributed by atoms with Crippen LogP contribution >= 0.6 is 11.6 Å².